The van der Waals surface area contributed by atoms with E-state index in [-0.39, 0.29) is 24.0 Å². The Hall–Kier alpha value is -2.94. The van der Waals surface area contributed by atoms with Gasteiger partial charge in [-0.1, -0.05) is 12.1 Å². The number of hydrogen-bond acceptors (Lipinski definition) is 6. The number of rotatable bonds is 5. The highest BCUT2D eigenvalue weighted by Crippen LogP contribution is 2.29. The highest BCUT2D eigenvalue weighted by Gasteiger charge is 2.33. The van der Waals surface area contributed by atoms with Gasteiger partial charge in [0, 0.05) is 24.4 Å². The topological polar surface area (TPSA) is 120 Å². The molecule has 2 aliphatic rings. The molecule has 0 aromatic heterocycles. The molecule has 0 radical (unpaired) electrons. The number of carbonyl (C=O) groups is 2. The maximum absolute atomic E-state index is 12.6. The fourth-order valence-corrected chi connectivity index (χ4v) is 3.05. The molecule has 9 heteroatoms. The summed E-state index contributed by atoms with van der Waals surface area (Å²) >= 11 is 0. The first-order chi connectivity index (χ1) is 12.5. The molecule has 2 unspecified atom stereocenters. The second kappa shape index (κ2) is 7.52. The van der Waals surface area contributed by atoms with Crippen molar-refractivity contribution in [3.63, 3.8) is 0 Å². The van der Waals surface area contributed by atoms with E-state index >= 15 is 0 Å². The van der Waals surface area contributed by atoms with Crippen LogP contribution in [0.2, 0.25) is 0 Å². The van der Waals surface area contributed by atoms with E-state index in [4.69, 9.17) is 9.47 Å². The summed E-state index contributed by atoms with van der Waals surface area (Å²) in [6.45, 7) is 2.37. The quantitative estimate of drug-likeness (QED) is 0.470. The van der Waals surface area contributed by atoms with Crippen LogP contribution in [0.1, 0.15) is 31.4 Å². The Bertz CT molecular complexity index is 770. The summed E-state index contributed by atoms with van der Waals surface area (Å²) in [5, 5.41) is 16.2. The molecule has 26 heavy (non-hydrogen) atoms. The molecule has 2 atom stereocenters. The molecule has 0 bridgehead atoms. The molecule has 1 saturated heterocycles. The Morgan fingerprint density at radius 1 is 1.46 bits per heavy atom. The third-order valence-electron chi connectivity index (χ3n) is 4.33. The molecular weight excluding hydrogens is 342 g/mol. The number of urea groups is 1. The van der Waals surface area contributed by atoms with Gasteiger partial charge >= 0.3 is 12.0 Å². The van der Waals surface area contributed by atoms with Crippen LogP contribution in [0.15, 0.2) is 35.5 Å². The number of benzene rings is 1. The van der Waals surface area contributed by atoms with Gasteiger partial charge in [-0.15, -0.1) is 0 Å². The van der Waals surface area contributed by atoms with Gasteiger partial charge in [0.1, 0.15) is 6.61 Å². The molecule has 0 spiro atoms. The molecule has 2 amide bonds. The lowest BCUT2D eigenvalue weighted by molar-refractivity contribution is -0.384. The highest BCUT2D eigenvalue weighted by molar-refractivity contribution is 5.95. The van der Waals surface area contributed by atoms with Crippen LogP contribution in [0.4, 0.5) is 10.5 Å². The van der Waals surface area contributed by atoms with Crippen LogP contribution in [0.3, 0.4) is 0 Å². The zero-order valence-electron chi connectivity index (χ0n) is 14.2. The highest BCUT2D eigenvalue weighted by atomic mass is 16.6. The lowest BCUT2D eigenvalue weighted by Gasteiger charge is -2.28. The standard InChI is InChI=1S/C17H19N3O6/c1-10-14(16(21)26-9-13-6-3-7-25-13)15(19-17(22)18-10)11-4-2-5-12(8-11)20(23)24/h2,4-5,8,13,15H,3,6-7,9H2,1H3,(H2,18,19,22). The summed E-state index contributed by atoms with van der Waals surface area (Å²) in [4.78, 5) is 35.0. The SMILES string of the molecule is CC1=C(C(=O)OCC2CCCO2)C(c2cccc([N+](=O)[O-])c2)NC(=O)N1. The normalized spacial score (nSPS) is 22.6. The largest absolute Gasteiger partial charge is 0.459 e. The first kappa shape index (κ1) is 17.9. The van der Waals surface area contributed by atoms with Gasteiger partial charge < -0.3 is 20.1 Å². The van der Waals surface area contributed by atoms with Crippen molar-refractivity contribution in [1.29, 1.82) is 0 Å². The summed E-state index contributed by atoms with van der Waals surface area (Å²) in [6, 6.07) is 4.47. The fraction of sp³-hybridized carbons (Fsp3) is 0.412. The number of nitro benzene ring substituents is 1. The number of non-ortho nitro benzene ring substituents is 1. The van der Waals surface area contributed by atoms with Gasteiger partial charge in [0.15, 0.2) is 0 Å². The molecule has 2 heterocycles. The van der Waals surface area contributed by atoms with Crippen molar-refractivity contribution >= 4 is 17.7 Å². The lowest BCUT2D eigenvalue weighted by Crippen LogP contribution is -2.45. The monoisotopic (exact) mass is 361 g/mol. The van der Waals surface area contributed by atoms with E-state index in [1.807, 2.05) is 0 Å². The third-order valence-corrected chi connectivity index (χ3v) is 4.33. The Balaban J connectivity index is 1.85. The zero-order chi connectivity index (χ0) is 18.7. The van der Waals surface area contributed by atoms with Gasteiger partial charge in [-0.2, -0.15) is 0 Å². The number of carbonyl (C=O) groups excluding carboxylic acids is 2. The number of esters is 1. The van der Waals surface area contributed by atoms with Crippen molar-refractivity contribution in [2.45, 2.75) is 31.9 Å². The summed E-state index contributed by atoms with van der Waals surface area (Å²) in [7, 11) is 0. The predicted molar refractivity (Wildman–Crippen MR) is 90.1 cm³/mol. The summed E-state index contributed by atoms with van der Waals surface area (Å²) in [6.07, 6.45) is 1.63. The van der Waals surface area contributed by atoms with Crippen LogP contribution in [-0.2, 0) is 14.3 Å². The molecule has 2 N–H and O–H groups in total. The number of nitro groups is 1. The zero-order valence-corrected chi connectivity index (χ0v) is 14.2. The molecule has 1 fully saturated rings. The number of nitrogens with one attached hydrogen (secondary N) is 2. The molecule has 1 aromatic carbocycles. The van der Waals surface area contributed by atoms with Gasteiger partial charge in [0.2, 0.25) is 0 Å². The van der Waals surface area contributed by atoms with Gasteiger partial charge in [-0.05, 0) is 25.3 Å². The van der Waals surface area contributed by atoms with Crippen molar-refractivity contribution < 1.29 is 24.0 Å². The second-order valence-corrected chi connectivity index (χ2v) is 6.16. The number of nitrogens with zero attached hydrogens (tertiary/aromatic N) is 1. The Morgan fingerprint density at radius 2 is 2.27 bits per heavy atom. The summed E-state index contributed by atoms with van der Waals surface area (Å²) in [5.41, 5.74) is 0.864. The number of ether oxygens (including phenoxy) is 2. The molecular formula is C17H19N3O6. The average molecular weight is 361 g/mol. The molecule has 0 saturated carbocycles. The Kier molecular flexibility index (Phi) is 5.17. The fourth-order valence-electron chi connectivity index (χ4n) is 3.05. The maximum Gasteiger partial charge on any atom is 0.338 e. The van der Waals surface area contributed by atoms with Crippen molar-refractivity contribution in [2.75, 3.05) is 13.2 Å². The van der Waals surface area contributed by atoms with Crippen LogP contribution in [0.25, 0.3) is 0 Å². The maximum atomic E-state index is 12.6. The Morgan fingerprint density at radius 3 is 2.96 bits per heavy atom. The van der Waals surface area contributed by atoms with E-state index in [0.717, 1.165) is 12.8 Å². The number of amides is 2. The smallest absolute Gasteiger partial charge is 0.338 e. The second-order valence-electron chi connectivity index (χ2n) is 6.16. The van der Waals surface area contributed by atoms with Crippen molar-refractivity contribution in [2.24, 2.45) is 0 Å². The molecule has 1 aromatic rings. The van der Waals surface area contributed by atoms with Crippen LogP contribution in [0.5, 0.6) is 0 Å². The van der Waals surface area contributed by atoms with Crippen LogP contribution < -0.4 is 10.6 Å². The van der Waals surface area contributed by atoms with Crippen molar-refractivity contribution in [3.05, 3.63) is 51.2 Å². The lowest BCUT2D eigenvalue weighted by atomic mass is 9.95. The van der Waals surface area contributed by atoms with E-state index < -0.39 is 23.0 Å². The van der Waals surface area contributed by atoms with Crippen LogP contribution in [-0.4, -0.2) is 36.2 Å². The molecule has 138 valence electrons. The van der Waals surface area contributed by atoms with E-state index in [1.54, 1.807) is 13.0 Å². The van der Waals surface area contributed by atoms with Gasteiger partial charge in [-0.3, -0.25) is 10.1 Å². The van der Waals surface area contributed by atoms with Gasteiger partial charge in [0.05, 0.1) is 22.6 Å². The molecule has 0 aliphatic carbocycles. The average Bonchev–Trinajstić information content (AvgIpc) is 3.12. The van der Waals surface area contributed by atoms with Crippen LogP contribution >= 0.6 is 0 Å². The van der Waals surface area contributed by atoms with Crippen molar-refractivity contribution in [1.82, 2.24) is 10.6 Å². The molecule has 3 rings (SSSR count). The minimum absolute atomic E-state index is 0.123. The van der Waals surface area contributed by atoms with E-state index in [2.05, 4.69) is 10.6 Å². The molecule has 2 aliphatic heterocycles. The first-order valence-corrected chi connectivity index (χ1v) is 8.27. The van der Waals surface area contributed by atoms with E-state index in [9.17, 15) is 19.7 Å². The van der Waals surface area contributed by atoms with Gasteiger partial charge in [-0.25, -0.2) is 9.59 Å². The predicted octanol–water partition coefficient (Wildman–Crippen LogP) is 1.94. The van der Waals surface area contributed by atoms with Gasteiger partial charge in [0.25, 0.3) is 5.69 Å². The first-order valence-electron chi connectivity index (χ1n) is 8.27. The number of hydrogen-bond donors (Lipinski definition) is 2. The Labute approximate surface area is 149 Å². The summed E-state index contributed by atoms with van der Waals surface area (Å²) < 4.78 is 10.8. The number of allylic oxidation sites excluding steroid dienone is 1. The third kappa shape index (κ3) is 3.83. The summed E-state index contributed by atoms with van der Waals surface area (Å²) in [5.74, 6) is -0.595. The van der Waals surface area contributed by atoms with E-state index in [0.29, 0.717) is 17.9 Å². The minimum Gasteiger partial charge on any atom is -0.459 e. The minimum atomic E-state index is -0.833. The van der Waals surface area contributed by atoms with Crippen molar-refractivity contribution in [3.8, 4) is 0 Å². The van der Waals surface area contributed by atoms with Crippen LogP contribution in [0, 0.1) is 10.1 Å². The van der Waals surface area contributed by atoms with E-state index in [1.165, 1.54) is 18.2 Å². The molecule has 9 nitrogen and oxygen atoms in total.